The third-order valence-electron chi connectivity index (χ3n) is 2.67. The van der Waals surface area contributed by atoms with Gasteiger partial charge in [-0.05, 0) is 18.1 Å². The first-order valence-corrected chi connectivity index (χ1v) is 5.44. The zero-order valence-corrected chi connectivity index (χ0v) is 9.84. The van der Waals surface area contributed by atoms with Gasteiger partial charge in [0.05, 0.1) is 11.6 Å². The number of carboxylic acid groups (broad SMARTS) is 1. The van der Waals surface area contributed by atoms with Crippen molar-refractivity contribution in [3.8, 4) is 6.07 Å². The fraction of sp³-hybridized carbons (Fsp3) is 0.417. The summed E-state index contributed by atoms with van der Waals surface area (Å²) in [6, 6.07) is 4.41. The minimum atomic E-state index is -0.913. The van der Waals surface area contributed by atoms with Crippen molar-refractivity contribution in [3.05, 3.63) is 23.9 Å². The van der Waals surface area contributed by atoms with E-state index < -0.39 is 12.0 Å². The number of hydrogen-bond acceptors (Lipinski definition) is 4. The molecule has 1 heterocycles. The summed E-state index contributed by atoms with van der Waals surface area (Å²) in [4.78, 5) is 15.1. The first kappa shape index (κ1) is 13.0. The molecule has 17 heavy (non-hydrogen) atoms. The molecule has 0 saturated heterocycles. The summed E-state index contributed by atoms with van der Waals surface area (Å²) < 4.78 is 0. The van der Waals surface area contributed by atoms with Crippen LogP contribution in [0.15, 0.2) is 18.3 Å². The van der Waals surface area contributed by atoms with E-state index in [1.165, 1.54) is 6.20 Å². The highest BCUT2D eigenvalue weighted by molar-refractivity contribution is 5.77. The Morgan fingerprint density at radius 2 is 2.41 bits per heavy atom. The summed E-state index contributed by atoms with van der Waals surface area (Å²) in [5.41, 5.74) is 0.454. The second-order valence-electron chi connectivity index (χ2n) is 3.89. The van der Waals surface area contributed by atoms with Crippen LogP contribution in [0, 0.1) is 17.2 Å². The number of rotatable bonds is 5. The predicted octanol–water partition coefficient (Wildman–Crippen LogP) is 1.86. The Morgan fingerprint density at radius 1 is 1.71 bits per heavy atom. The molecule has 0 amide bonds. The van der Waals surface area contributed by atoms with Crippen LogP contribution in [0.5, 0.6) is 0 Å². The van der Waals surface area contributed by atoms with Crippen LogP contribution < -0.4 is 5.32 Å². The van der Waals surface area contributed by atoms with Gasteiger partial charge in [0.1, 0.15) is 11.9 Å². The smallest absolute Gasteiger partial charge is 0.326 e. The monoisotopic (exact) mass is 233 g/mol. The fourth-order valence-electron chi connectivity index (χ4n) is 1.42. The number of aromatic nitrogens is 1. The number of carboxylic acids is 1. The molecule has 0 aromatic carbocycles. The molecule has 2 atom stereocenters. The molecule has 2 N–H and O–H groups in total. The van der Waals surface area contributed by atoms with Gasteiger partial charge in [-0.25, -0.2) is 9.78 Å². The van der Waals surface area contributed by atoms with Gasteiger partial charge in [-0.1, -0.05) is 20.3 Å². The van der Waals surface area contributed by atoms with Crippen LogP contribution in [0.25, 0.3) is 0 Å². The third-order valence-corrected chi connectivity index (χ3v) is 2.67. The first-order chi connectivity index (χ1) is 8.08. The van der Waals surface area contributed by atoms with Crippen molar-refractivity contribution in [1.29, 1.82) is 5.26 Å². The number of aliphatic carboxylic acids is 1. The molecule has 5 heteroatoms. The Bertz CT molecular complexity index is 440. The van der Waals surface area contributed by atoms with E-state index in [2.05, 4.69) is 10.3 Å². The first-order valence-electron chi connectivity index (χ1n) is 5.44. The molecule has 0 bridgehead atoms. The third kappa shape index (κ3) is 3.45. The van der Waals surface area contributed by atoms with Crippen LogP contribution in [-0.2, 0) is 4.79 Å². The minimum absolute atomic E-state index is 0.0139. The van der Waals surface area contributed by atoms with Crippen LogP contribution in [0.3, 0.4) is 0 Å². The van der Waals surface area contributed by atoms with Gasteiger partial charge in [0.25, 0.3) is 0 Å². The average Bonchev–Trinajstić information content (AvgIpc) is 2.35. The van der Waals surface area contributed by atoms with Crippen molar-refractivity contribution in [2.24, 2.45) is 5.92 Å². The van der Waals surface area contributed by atoms with Crippen LogP contribution in [-0.4, -0.2) is 22.1 Å². The number of nitrogens with one attached hydrogen (secondary N) is 1. The number of anilines is 1. The number of carbonyl (C=O) groups is 1. The lowest BCUT2D eigenvalue weighted by molar-refractivity contribution is -0.139. The standard InChI is InChI=1S/C12H15N3O2/c1-3-8(2)11(12(16)17)15-10-6-9(7-13)4-5-14-10/h4-6,8,11H,3H2,1-2H3,(H,14,15)(H,16,17)/t8-,11-/m0/s1. The van der Waals surface area contributed by atoms with Gasteiger partial charge in [-0.3, -0.25) is 0 Å². The fourth-order valence-corrected chi connectivity index (χ4v) is 1.42. The maximum Gasteiger partial charge on any atom is 0.326 e. The van der Waals surface area contributed by atoms with Gasteiger partial charge in [0.2, 0.25) is 0 Å². The molecule has 0 saturated carbocycles. The Labute approximate surface area is 100 Å². The molecule has 1 aromatic rings. The van der Waals surface area contributed by atoms with Crippen molar-refractivity contribution in [3.63, 3.8) is 0 Å². The van der Waals surface area contributed by atoms with E-state index in [1.54, 1.807) is 12.1 Å². The summed E-state index contributed by atoms with van der Waals surface area (Å²) in [5.74, 6) is -0.514. The molecular weight excluding hydrogens is 218 g/mol. The SMILES string of the molecule is CC[C@H](C)[C@H](Nc1cc(C#N)ccn1)C(=O)O. The highest BCUT2D eigenvalue weighted by Crippen LogP contribution is 2.14. The Kier molecular flexibility index (Phi) is 4.46. The van der Waals surface area contributed by atoms with Gasteiger partial charge in [0.15, 0.2) is 0 Å². The van der Waals surface area contributed by atoms with E-state index in [1.807, 2.05) is 19.9 Å². The molecule has 0 radical (unpaired) electrons. The van der Waals surface area contributed by atoms with Crippen molar-refractivity contribution in [2.45, 2.75) is 26.3 Å². The van der Waals surface area contributed by atoms with Crippen molar-refractivity contribution in [2.75, 3.05) is 5.32 Å². The minimum Gasteiger partial charge on any atom is -0.480 e. The van der Waals surface area contributed by atoms with E-state index in [9.17, 15) is 4.79 Å². The van der Waals surface area contributed by atoms with Gasteiger partial charge in [-0.2, -0.15) is 5.26 Å². The predicted molar refractivity (Wildman–Crippen MR) is 63.5 cm³/mol. The summed E-state index contributed by atoms with van der Waals surface area (Å²) in [6.07, 6.45) is 2.23. The Morgan fingerprint density at radius 3 is 2.94 bits per heavy atom. The van der Waals surface area contributed by atoms with E-state index in [-0.39, 0.29) is 5.92 Å². The van der Waals surface area contributed by atoms with Crippen molar-refractivity contribution < 1.29 is 9.90 Å². The molecular formula is C12H15N3O2. The Balaban J connectivity index is 2.86. The quantitative estimate of drug-likeness (QED) is 0.810. The molecule has 1 rings (SSSR count). The zero-order valence-electron chi connectivity index (χ0n) is 9.84. The molecule has 0 spiro atoms. The number of nitrogens with zero attached hydrogens (tertiary/aromatic N) is 2. The maximum atomic E-state index is 11.1. The normalized spacial score (nSPS) is 13.5. The molecule has 1 aromatic heterocycles. The lowest BCUT2D eigenvalue weighted by Gasteiger charge is -2.20. The summed E-state index contributed by atoms with van der Waals surface area (Å²) in [7, 11) is 0. The lowest BCUT2D eigenvalue weighted by Crippen LogP contribution is -2.35. The van der Waals surface area contributed by atoms with E-state index >= 15 is 0 Å². The number of pyridine rings is 1. The molecule has 90 valence electrons. The largest absolute Gasteiger partial charge is 0.480 e. The maximum absolute atomic E-state index is 11.1. The molecule has 0 unspecified atom stereocenters. The second-order valence-corrected chi connectivity index (χ2v) is 3.89. The van der Waals surface area contributed by atoms with Crippen molar-refractivity contribution in [1.82, 2.24) is 4.98 Å². The number of nitriles is 1. The summed E-state index contributed by atoms with van der Waals surface area (Å²) >= 11 is 0. The molecule has 0 aliphatic carbocycles. The Hall–Kier alpha value is -2.09. The highest BCUT2D eigenvalue weighted by Gasteiger charge is 2.23. The van der Waals surface area contributed by atoms with Gasteiger partial charge in [-0.15, -0.1) is 0 Å². The highest BCUT2D eigenvalue weighted by atomic mass is 16.4. The van der Waals surface area contributed by atoms with Crippen LogP contribution in [0.1, 0.15) is 25.8 Å². The second kappa shape index (κ2) is 5.85. The lowest BCUT2D eigenvalue weighted by atomic mass is 9.99. The van der Waals surface area contributed by atoms with Gasteiger partial charge >= 0.3 is 5.97 Å². The van der Waals surface area contributed by atoms with Gasteiger partial charge in [0, 0.05) is 6.20 Å². The van der Waals surface area contributed by atoms with E-state index in [0.29, 0.717) is 11.4 Å². The summed E-state index contributed by atoms with van der Waals surface area (Å²) in [6.45, 7) is 3.79. The van der Waals surface area contributed by atoms with Crippen LogP contribution in [0.4, 0.5) is 5.82 Å². The molecule has 0 aliphatic rings. The van der Waals surface area contributed by atoms with Crippen LogP contribution >= 0.6 is 0 Å². The van der Waals surface area contributed by atoms with Crippen LogP contribution in [0.2, 0.25) is 0 Å². The number of hydrogen-bond donors (Lipinski definition) is 2. The molecule has 5 nitrogen and oxygen atoms in total. The summed E-state index contributed by atoms with van der Waals surface area (Å²) in [5, 5.41) is 20.7. The van der Waals surface area contributed by atoms with Crippen molar-refractivity contribution >= 4 is 11.8 Å². The molecule has 0 fully saturated rings. The average molecular weight is 233 g/mol. The molecule has 0 aliphatic heterocycles. The van der Waals surface area contributed by atoms with E-state index in [4.69, 9.17) is 10.4 Å². The van der Waals surface area contributed by atoms with Gasteiger partial charge < -0.3 is 10.4 Å². The van der Waals surface area contributed by atoms with E-state index in [0.717, 1.165) is 6.42 Å². The zero-order chi connectivity index (χ0) is 12.8. The topological polar surface area (TPSA) is 86.0 Å².